The van der Waals surface area contributed by atoms with Gasteiger partial charge in [-0.3, -0.25) is 0 Å². The van der Waals surface area contributed by atoms with Gasteiger partial charge in [0.05, 0.1) is 12.5 Å². The van der Waals surface area contributed by atoms with Gasteiger partial charge in [0.1, 0.15) is 6.11 Å². The van der Waals surface area contributed by atoms with E-state index in [9.17, 15) is 13.2 Å². The van der Waals surface area contributed by atoms with E-state index in [2.05, 4.69) is 4.74 Å². The van der Waals surface area contributed by atoms with Crippen LogP contribution in [0.15, 0.2) is 0 Å². The molecular formula is C5H5F3O. The summed E-state index contributed by atoms with van der Waals surface area (Å²) in [6.07, 6.45) is -2.94. The van der Waals surface area contributed by atoms with Crippen LogP contribution in [0.4, 0.5) is 13.2 Å². The van der Waals surface area contributed by atoms with E-state index in [0.717, 1.165) is 5.92 Å². The van der Waals surface area contributed by atoms with Crippen LogP contribution in [-0.2, 0) is 4.74 Å². The fourth-order valence-electron chi connectivity index (χ4n) is 0.166. The summed E-state index contributed by atoms with van der Waals surface area (Å²) >= 11 is 0. The molecule has 0 aliphatic rings. The smallest absolute Gasteiger partial charge is 0.447 e. The van der Waals surface area contributed by atoms with Gasteiger partial charge in [-0.1, -0.05) is 0 Å². The SMILES string of the molecule is CCOC#CC(F)(F)F. The molecule has 4 heteroatoms. The van der Waals surface area contributed by atoms with Gasteiger partial charge in [-0.2, -0.15) is 13.2 Å². The number of halogens is 3. The quantitative estimate of drug-likeness (QED) is 0.499. The first-order chi connectivity index (χ1) is 4.06. The van der Waals surface area contributed by atoms with Crippen molar-refractivity contribution in [3.8, 4) is 12.0 Å². The van der Waals surface area contributed by atoms with Crippen LogP contribution in [0.5, 0.6) is 0 Å². The Hall–Kier alpha value is -0.850. The summed E-state index contributed by atoms with van der Waals surface area (Å²) in [6, 6.07) is 0. The van der Waals surface area contributed by atoms with Crippen molar-refractivity contribution in [2.24, 2.45) is 0 Å². The highest BCUT2D eigenvalue weighted by Gasteiger charge is 2.23. The molecule has 0 saturated carbocycles. The monoisotopic (exact) mass is 138 g/mol. The van der Waals surface area contributed by atoms with Crippen LogP contribution in [0.1, 0.15) is 6.92 Å². The second-order valence-corrected chi connectivity index (χ2v) is 1.16. The average molecular weight is 138 g/mol. The zero-order valence-electron chi connectivity index (χ0n) is 4.75. The van der Waals surface area contributed by atoms with Crippen LogP contribution in [0.25, 0.3) is 0 Å². The number of ether oxygens (including phenoxy) is 1. The van der Waals surface area contributed by atoms with E-state index in [0.29, 0.717) is 0 Å². The average Bonchev–Trinajstić information content (AvgIpc) is 1.63. The lowest BCUT2D eigenvalue weighted by atomic mass is 10.7. The number of alkyl halides is 3. The Balaban J connectivity index is 3.59. The van der Waals surface area contributed by atoms with Gasteiger partial charge < -0.3 is 4.74 Å². The zero-order chi connectivity index (χ0) is 7.33. The maximum Gasteiger partial charge on any atom is 0.460 e. The fourth-order valence-corrected chi connectivity index (χ4v) is 0.166. The molecular weight excluding hydrogens is 133 g/mol. The van der Waals surface area contributed by atoms with Crippen LogP contribution in [0.2, 0.25) is 0 Å². The molecule has 0 rings (SSSR count). The van der Waals surface area contributed by atoms with Gasteiger partial charge in [-0.05, 0) is 6.92 Å². The fraction of sp³-hybridized carbons (Fsp3) is 0.600. The van der Waals surface area contributed by atoms with Crippen LogP contribution in [0.3, 0.4) is 0 Å². The standard InChI is InChI=1S/C5H5F3O/c1-2-9-4-3-5(6,7)8/h2H2,1H3. The van der Waals surface area contributed by atoms with Crippen molar-refractivity contribution >= 4 is 0 Å². The predicted molar refractivity (Wildman–Crippen MR) is 25.5 cm³/mol. The maximum absolute atomic E-state index is 11.1. The second kappa shape index (κ2) is 3.23. The molecule has 0 N–H and O–H groups in total. The Kier molecular flexibility index (Phi) is 2.93. The van der Waals surface area contributed by atoms with Crippen LogP contribution in [-0.4, -0.2) is 12.8 Å². The molecule has 0 amide bonds. The van der Waals surface area contributed by atoms with E-state index in [1.54, 1.807) is 6.92 Å². The highest BCUT2D eigenvalue weighted by Crippen LogP contribution is 2.11. The van der Waals surface area contributed by atoms with Crippen molar-refractivity contribution in [1.82, 2.24) is 0 Å². The van der Waals surface area contributed by atoms with E-state index >= 15 is 0 Å². The van der Waals surface area contributed by atoms with Gasteiger partial charge in [0.15, 0.2) is 0 Å². The minimum Gasteiger partial charge on any atom is -0.447 e. The number of hydrogen-bond acceptors (Lipinski definition) is 1. The molecule has 0 bridgehead atoms. The lowest BCUT2D eigenvalue weighted by Gasteiger charge is -1.91. The van der Waals surface area contributed by atoms with Gasteiger partial charge in [0.25, 0.3) is 0 Å². The van der Waals surface area contributed by atoms with E-state index in [-0.39, 0.29) is 6.61 Å². The third-order valence-corrected chi connectivity index (χ3v) is 0.409. The summed E-state index contributed by atoms with van der Waals surface area (Å²) in [7, 11) is 0. The second-order valence-electron chi connectivity index (χ2n) is 1.16. The van der Waals surface area contributed by atoms with Gasteiger partial charge in [-0.15, -0.1) is 0 Å². The third kappa shape index (κ3) is 7.15. The molecule has 0 unspecified atom stereocenters. The normalized spacial score (nSPS) is 9.78. The van der Waals surface area contributed by atoms with E-state index in [1.165, 1.54) is 6.11 Å². The summed E-state index contributed by atoms with van der Waals surface area (Å²) in [4.78, 5) is 0. The van der Waals surface area contributed by atoms with Crippen molar-refractivity contribution in [2.45, 2.75) is 13.1 Å². The number of rotatable bonds is 1. The molecule has 0 aromatic rings. The lowest BCUT2D eigenvalue weighted by Crippen LogP contribution is -2.01. The van der Waals surface area contributed by atoms with Crippen molar-refractivity contribution in [1.29, 1.82) is 0 Å². The zero-order valence-corrected chi connectivity index (χ0v) is 4.75. The Morgan fingerprint density at radius 3 is 2.33 bits per heavy atom. The summed E-state index contributed by atoms with van der Waals surface area (Å²) in [5.41, 5.74) is 0. The number of hydrogen-bond donors (Lipinski definition) is 0. The van der Waals surface area contributed by atoms with Crippen LogP contribution in [0, 0.1) is 12.0 Å². The highest BCUT2D eigenvalue weighted by atomic mass is 19.4. The molecule has 52 valence electrons. The summed E-state index contributed by atoms with van der Waals surface area (Å²) in [5, 5.41) is 0. The molecule has 0 atom stereocenters. The molecule has 0 aliphatic heterocycles. The third-order valence-electron chi connectivity index (χ3n) is 0.409. The maximum atomic E-state index is 11.1. The largest absolute Gasteiger partial charge is 0.460 e. The summed E-state index contributed by atoms with van der Waals surface area (Å²) in [6.45, 7) is 1.73. The molecule has 0 aromatic heterocycles. The first kappa shape index (κ1) is 8.15. The molecule has 1 nitrogen and oxygen atoms in total. The molecule has 0 heterocycles. The molecule has 0 saturated heterocycles. The van der Waals surface area contributed by atoms with Gasteiger partial charge in [0, 0.05) is 0 Å². The Morgan fingerprint density at radius 1 is 1.44 bits per heavy atom. The summed E-state index contributed by atoms with van der Waals surface area (Å²) in [5.74, 6) is 0.951. The van der Waals surface area contributed by atoms with Gasteiger partial charge in [0.2, 0.25) is 0 Å². The Bertz CT molecular complexity index is 127. The Morgan fingerprint density at radius 2 is 2.00 bits per heavy atom. The minimum atomic E-state index is -4.44. The predicted octanol–water partition coefficient (Wildman–Crippen LogP) is 1.55. The first-order valence-electron chi connectivity index (χ1n) is 2.27. The van der Waals surface area contributed by atoms with Crippen LogP contribution < -0.4 is 0 Å². The van der Waals surface area contributed by atoms with Crippen LogP contribution >= 0.6 is 0 Å². The molecule has 0 fully saturated rings. The van der Waals surface area contributed by atoms with Gasteiger partial charge in [-0.25, -0.2) is 0 Å². The van der Waals surface area contributed by atoms with E-state index in [4.69, 9.17) is 0 Å². The molecule has 0 aliphatic carbocycles. The molecule has 0 radical (unpaired) electrons. The van der Waals surface area contributed by atoms with Crippen molar-refractivity contribution in [3.05, 3.63) is 0 Å². The summed E-state index contributed by atoms with van der Waals surface area (Å²) < 4.78 is 37.5. The minimum absolute atomic E-state index is 0.170. The van der Waals surface area contributed by atoms with Crippen molar-refractivity contribution in [3.63, 3.8) is 0 Å². The van der Waals surface area contributed by atoms with E-state index in [1.807, 2.05) is 0 Å². The molecule has 0 aromatic carbocycles. The van der Waals surface area contributed by atoms with Crippen molar-refractivity contribution in [2.75, 3.05) is 6.61 Å². The first-order valence-corrected chi connectivity index (χ1v) is 2.27. The topological polar surface area (TPSA) is 9.23 Å². The lowest BCUT2D eigenvalue weighted by molar-refractivity contribution is -0.0703. The molecule has 0 spiro atoms. The van der Waals surface area contributed by atoms with E-state index < -0.39 is 6.18 Å². The van der Waals surface area contributed by atoms with Crippen molar-refractivity contribution < 1.29 is 17.9 Å². The molecule has 9 heavy (non-hydrogen) atoms. The van der Waals surface area contributed by atoms with Gasteiger partial charge >= 0.3 is 6.18 Å². The Labute approximate surface area is 50.8 Å². The highest BCUT2D eigenvalue weighted by molar-refractivity contribution is 4.99.